The molecule has 4 heteroatoms. The number of rotatable bonds is 2. The van der Waals surface area contributed by atoms with Crippen molar-refractivity contribution in [2.45, 2.75) is 0 Å². The molecule has 0 aliphatic rings. The number of hydrogen-bond acceptors (Lipinski definition) is 3. The lowest BCUT2D eigenvalue weighted by atomic mass is 10.1. The van der Waals surface area contributed by atoms with Gasteiger partial charge in [0.15, 0.2) is 5.84 Å². The summed E-state index contributed by atoms with van der Waals surface area (Å²) in [5, 5.41) is 11.3. The van der Waals surface area contributed by atoms with E-state index < -0.39 is 0 Å². The second-order valence-corrected chi connectivity index (χ2v) is 4.66. The van der Waals surface area contributed by atoms with Crippen molar-refractivity contribution in [1.29, 1.82) is 0 Å². The average Bonchev–Trinajstić information content (AvgIpc) is 2.53. The Balaban J connectivity index is 2.18. The first-order valence-electron chi connectivity index (χ1n) is 6.61. The van der Waals surface area contributed by atoms with Crippen LogP contribution in [0.3, 0.4) is 0 Å². The molecule has 3 aromatic carbocycles. The minimum atomic E-state index is 0.381. The standard InChI is InChI=1S/C17H15N3O/c18-14-10-4-8-12-9-5-11-15(16(12)14)19-17(20-21)13-6-2-1-3-7-13/h1-11,21H,18H2,(H,19,20). The van der Waals surface area contributed by atoms with Crippen LogP contribution in [0, 0.1) is 0 Å². The molecule has 3 rings (SSSR count). The molecule has 0 radical (unpaired) electrons. The highest BCUT2D eigenvalue weighted by molar-refractivity contribution is 6.06. The van der Waals surface area contributed by atoms with Crippen LogP contribution in [0.4, 0.5) is 11.4 Å². The van der Waals surface area contributed by atoms with Crippen molar-refractivity contribution in [3.8, 4) is 0 Å². The van der Waals surface area contributed by atoms with Crippen molar-refractivity contribution < 1.29 is 5.21 Å². The molecule has 0 spiro atoms. The topological polar surface area (TPSA) is 70.6 Å². The van der Waals surface area contributed by atoms with E-state index in [1.807, 2.05) is 66.7 Å². The Morgan fingerprint density at radius 1 is 0.905 bits per heavy atom. The van der Waals surface area contributed by atoms with Crippen molar-refractivity contribution in [3.63, 3.8) is 0 Å². The predicted molar refractivity (Wildman–Crippen MR) is 85.9 cm³/mol. The van der Waals surface area contributed by atoms with E-state index in [0.717, 1.165) is 16.3 Å². The highest BCUT2D eigenvalue weighted by atomic mass is 16.5. The molecule has 104 valence electrons. The normalized spacial score (nSPS) is 11.6. The first-order valence-corrected chi connectivity index (χ1v) is 6.61. The van der Waals surface area contributed by atoms with Crippen LogP contribution >= 0.6 is 0 Å². The molecule has 0 saturated heterocycles. The molecule has 0 saturated carbocycles. The van der Waals surface area contributed by atoms with Crippen LogP contribution in [0.15, 0.2) is 71.7 Å². The lowest BCUT2D eigenvalue weighted by molar-refractivity contribution is 0.235. The van der Waals surface area contributed by atoms with E-state index in [0.29, 0.717) is 17.2 Å². The summed E-state index contributed by atoms with van der Waals surface area (Å²) in [6.07, 6.45) is 0. The van der Waals surface area contributed by atoms with Gasteiger partial charge in [-0.15, -0.1) is 0 Å². The monoisotopic (exact) mass is 277 g/mol. The lowest BCUT2D eigenvalue weighted by Crippen LogP contribution is -2.19. The van der Waals surface area contributed by atoms with E-state index in [4.69, 9.17) is 5.73 Å². The van der Waals surface area contributed by atoms with Gasteiger partial charge in [0, 0.05) is 16.6 Å². The number of anilines is 1. The van der Waals surface area contributed by atoms with E-state index >= 15 is 0 Å². The number of benzene rings is 3. The summed E-state index contributed by atoms with van der Waals surface area (Å²) in [6, 6.07) is 20.9. The SMILES string of the molecule is Nc1cccc2cccc(N=C(NO)c3ccccc3)c12. The zero-order chi connectivity index (χ0) is 14.7. The smallest absolute Gasteiger partial charge is 0.157 e. The summed E-state index contributed by atoms with van der Waals surface area (Å²) in [5.74, 6) is 0.381. The first kappa shape index (κ1) is 13.1. The molecule has 0 amide bonds. The van der Waals surface area contributed by atoms with Gasteiger partial charge >= 0.3 is 0 Å². The number of fused-ring (bicyclic) bond motifs is 1. The second kappa shape index (κ2) is 5.64. The fourth-order valence-corrected chi connectivity index (χ4v) is 2.31. The summed E-state index contributed by atoms with van der Waals surface area (Å²) in [5.41, 5.74) is 10.4. The van der Waals surface area contributed by atoms with Gasteiger partial charge in [-0.05, 0) is 17.5 Å². The Labute approximate surface area is 122 Å². The Bertz CT molecular complexity index is 792. The summed E-state index contributed by atoms with van der Waals surface area (Å²) in [6.45, 7) is 0. The molecule has 0 aliphatic carbocycles. The fourth-order valence-electron chi connectivity index (χ4n) is 2.31. The van der Waals surface area contributed by atoms with E-state index in [1.165, 1.54) is 0 Å². The van der Waals surface area contributed by atoms with Gasteiger partial charge in [0.05, 0.1) is 5.69 Å². The largest absolute Gasteiger partial charge is 0.398 e. The molecule has 4 nitrogen and oxygen atoms in total. The highest BCUT2D eigenvalue weighted by Gasteiger charge is 2.06. The van der Waals surface area contributed by atoms with E-state index in [-0.39, 0.29) is 0 Å². The van der Waals surface area contributed by atoms with Gasteiger partial charge in [-0.1, -0.05) is 54.6 Å². The Hall–Kier alpha value is -2.85. The van der Waals surface area contributed by atoms with Gasteiger partial charge in [0.2, 0.25) is 0 Å². The zero-order valence-corrected chi connectivity index (χ0v) is 11.3. The third-order valence-corrected chi connectivity index (χ3v) is 3.30. The number of nitrogens with two attached hydrogens (primary N) is 1. The van der Waals surface area contributed by atoms with Crippen molar-refractivity contribution in [2.75, 3.05) is 5.73 Å². The number of aliphatic imine (C=N–C) groups is 1. The molecule has 0 heterocycles. The van der Waals surface area contributed by atoms with E-state index in [2.05, 4.69) is 10.5 Å². The van der Waals surface area contributed by atoms with Gasteiger partial charge in [-0.3, -0.25) is 10.7 Å². The van der Waals surface area contributed by atoms with Crippen LogP contribution in [-0.2, 0) is 0 Å². The molecule has 0 bridgehead atoms. The quantitative estimate of drug-likeness (QED) is 0.291. The predicted octanol–water partition coefficient (Wildman–Crippen LogP) is 3.48. The minimum Gasteiger partial charge on any atom is -0.398 e. The number of nitrogens with one attached hydrogen (secondary N) is 1. The van der Waals surface area contributed by atoms with Crippen LogP contribution < -0.4 is 11.2 Å². The van der Waals surface area contributed by atoms with Crippen LogP contribution in [0.1, 0.15) is 5.56 Å². The third-order valence-electron chi connectivity index (χ3n) is 3.30. The van der Waals surface area contributed by atoms with Crippen molar-refractivity contribution in [3.05, 3.63) is 72.3 Å². The molecule has 4 N–H and O–H groups in total. The summed E-state index contributed by atoms with van der Waals surface area (Å²) < 4.78 is 0. The second-order valence-electron chi connectivity index (χ2n) is 4.66. The van der Waals surface area contributed by atoms with Crippen LogP contribution in [0.25, 0.3) is 10.8 Å². The number of nitrogen functional groups attached to an aromatic ring is 1. The molecule has 0 fully saturated rings. The van der Waals surface area contributed by atoms with E-state index in [1.54, 1.807) is 0 Å². The molecule has 21 heavy (non-hydrogen) atoms. The number of hydroxylamine groups is 1. The van der Waals surface area contributed by atoms with Crippen molar-refractivity contribution in [2.24, 2.45) is 4.99 Å². The molecular formula is C17H15N3O. The van der Waals surface area contributed by atoms with Gasteiger partial charge in [-0.25, -0.2) is 4.99 Å². The molecule has 3 aromatic rings. The average molecular weight is 277 g/mol. The third kappa shape index (κ3) is 2.57. The number of amidine groups is 1. The lowest BCUT2D eigenvalue weighted by Gasteiger charge is -2.08. The van der Waals surface area contributed by atoms with Crippen molar-refractivity contribution in [1.82, 2.24) is 5.48 Å². The molecule has 0 aliphatic heterocycles. The van der Waals surface area contributed by atoms with Crippen molar-refractivity contribution >= 4 is 28.0 Å². The highest BCUT2D eigenvalue weighted by Crippen LogP contribution is 2.31. The van der Waals surface area contributed by atoms with Crippen LogP contribution in [0.2, 0.25) is 0 Å². The zero-order valence-electron chi connectivity index (χ0n) is 11.3. The summed E-state index contributed by atoms with van der Waals surface area (Å²) >= 11 is 0. The van der Waals surface area contributed by atoms with Crippen LogP contribution in [0.5, 0.6) is 0 Å². The molecule has 0 unspecified atom stereocenters. The Kier molecular flexibility index (Phi) is 3.53. The number of nitrogens with zero attached hydrogens (tertiary/aromatic N) is 1. The van der Waals surface area contributed by atoms with Gasteiger partial charge in [0.25, 0.3) is 0 Å². The van der Waals surface area contributed by atoms with E-state index in [9.17, 15) is 5.21 Å². The molecule has 0 atom stereocenters. The van der Waals surface area contributed by atoms with Gasteiger partial charge in [0.1, 0.15) is 0 Å². The van der Waals surface area contributed by atoms with Crippen LogP contribution in [-0.4, -0.2) is 11.0 Å². The minimum absolute atomic E-state index is 0.381. The fraction of sp³-hybridized carbons (Fsp3) is 0. The summed E-state index contributed by atoms with van der Waals surface area (Å²) in [4.78, 5) is 4.51. The molecule has 0 aromatic heterocycles. The molecular weight excluding hydrogens is 262 g/mol. The first-order chi connectivity index (χ1) is 10.3. The maximum Gasteiger partial charge on any atom is 0.157 e. The Morgan fingerprint density at radius 2 is 1.62 bits per heavy atom. The maximum absolute atomic E-state index is 9.37. The van der Waals surface area contributed by atoms with Gasteiger partial charge in [-0.2, -0.15) is 0 Å². The maximum atomic E-state index is 9.37. The summed E-state index contributed by atoms with van der Waals surface area (Å²) in [7, 11) is 0. The Morgan fingerprint density at radius 3 is 2.33 bits per heavy atom. The number of hydrogen-bond donors (Lipinski definition) is 3. The van der Waals surface area contributed by atoms with Gasteiger partial charge < -0.3 is 5.73 Å².